The Kier molecular flexibility index (Phi) is 6.52. The Morgan fingerprint density at radius 3 is 2.05 bits per heavy atom. The highest BCUT2D eigenvalue weighted by atomic mass is 32.2. The van der Waals surface area contributed by atoms with Crippen molar-refractivity contribution < 1.29 is 43.2 Å². The summed E-state index contributed by atoms with van der Waals surface area (Å²) in [6.45, 7) is 0. The lowest BCUT2D eigenvalue weighted by Gasteiger charge is -2.14. The summed E-state index contributed by atoms with van der Waals surface area (Å²) in [4.78, 5) is 7.76. The molecule has 0 bridgehead atoms. The highest BCUT2D eigenvalue weighted by Crippen LogP contribution is 2.54. The van der Waals surface area contributed by atoms with Crippen molar-refractivity contribution in [2.45, 2.75) is 29.3 Å². The number of alkyl halides is 6. The second kappa shape index (κ2) is 9.40. The Morgan fingerprint density at radius 1 is 0.775 bits per heavy atom. The van der Waals surface area contributed by atoms with Crippen LogP contribution in [0.3, 0.4) is 0 Å². The number of rotatable bonds is 7. The number of para-hydroxylation sites is 1. The first kappa shape index (κ1) is 27.8. The Bertz CT molecular complexity index is 1800. The number of sulfonamides is 2. The van der Waals surface area contributed by atoms with Gasteiger partial charge in [0.15, 0.2) is 0 Å². The molecule has 0 spiro atoms. The number of nitrogens with zero attached hydrogens (tertiary/aromatic N) is 1. The SMILES string of the molecule is O=S(=O)(Nc1ccc(C2CC2c2nc3cc(-c4ccccc4NS(=O)(=O)C(F)(F)F)ccc3[nH]2)cc1)C(F)(F)F. The number of imidazole rings is 1. The number of H-pyrrole nitrogens is 1. The molecule has 40 heavy (non-hydrogen) atoms. The van der Waals surface area contributed by atoms with Crippen LogP contribution in [0.5, 0.6) is 0 Å². The van der Waals surface area contributed by atoms with E-state index in [9.17, 15) is 43.2 Å². The molecular formula is C24H18F6N4O4S2. The van der Waals surface area contributed by atoms with Gasteiger partial charge in [0.05, 0.1) is 16.7 Å². The molecule has 1 aliphatic rings. The minimum Gasteiger partial charge on any atom is -0.342 e. The van der Waals surface area contributed by atoms with Crippen LogP contribution in [0.25, 0.3) is 22.2 Å². The monoisotopic (exact) mass is 604 g/mol. The van der Waals surface area contributed by atoms with E-state index in [1.54, 1.807) is 29.0 Å². The van der Waals surface area contributed by atoms with Gasteiger partial charge < -0.3 is 4.98 Å². The molecule has 2 unspecified atom stereocenters. The van der Waals surface area contributed by atoms with Gasteiger partial charge in [-0.3, -0.25) is 9.44 Å². The second-order valence-electron chi connectivity index (χ2n) is 9.07. The fraction of sp³-hybridized carbons (Fsp3) is 0.208. The van der Waals surface area contributed by atoms with Crippen LogP contribution in [0.4, 0.5) is 37.7 Å². The summed E-state index contributed by atoms with van der Waals surface area (Å²) in [5, 5.41) is 0. The molecule has 3 aromatic carbocycles. The first-order valence-corrected chi connectivity index (χ1v) is 14.4. The van der Waals surface area contributed by atoms with E-state index < -0.39 is 31.1 Å². The zero-order valence-corrected chi connectivity index (χ0v) is 21.5. The Balaban J connectivity index is 1.35. The van der Waals surface area contributed by atoms with Crippen molar-refractivity contribution in [1.82, 2.24) is 9.97 Å². The van der Waals surface area contributed by atoms with Crippen LogP contribution < -0.4 is 9.44 Å². The third-order valence-corrected chi connectivity index (χ3v) is 8.54. The number of aromatic amines is 1. The molecule has 0 saturated heterocycles. The zero-order valence-electron chi connectivity index (χ0n) is 19.9. The van der Waals surface area contributed by atoms with Crippen LogP contribution in [-0.4, -0.2) is 37.8 Å². The smallest absolute Gasteiger partial charge is 0.342 e. The number of benzene rings is 3. The fourth-order valence-electron chi connectivity index (χ4n) is 4.27. The average Bonchev–Trinajstić information content (AvgIpc) is 3.54. The molecule has 0 aliphatic heterocycles. The van der Waals surface area contributed by atoms with E-state index in [-0.39, 0.29) is 28.8 Å². The van der Waals surface area contributed by atoms with Crippen LogP contribution in [0.2, 0.25) is 0 Å². The van der Waals surface area contributed by atoms with Gasteiger partial charge in [-0.05, 0) is 53.8 Å². The normalized spacial score (nSPS) is 18.1. The molecule has 1 heterocycles. The number of hydrogen-bond donors (Lipinski definition) is 3. The predicted octanol–water partition coefficient (Wildman–Crippen LogP) is 6.02. The number of aromatic nitrogens is 2. The standard InChI is InChI=1S/C24H18F6N4O4S2/c25-23(26,27)39(35,36)33-15-8-5-13(6-9-15)17-12-18(17)22-31-20-10-7-14(11-21(20)32-22)16-3-1-2-4-19(16)34-40(37,38)24(28,29)30/h1-11,17-18,33-34H,12H2,(H,31,32). The second-order valence-corrected chi connectivity index (χ2v) is 12.4. The summed E-state index contributed by atoms with van der Waals surface area (Å²) in [5.74, 6) is 0.537. The number of hydrogen-bond acceptors (Lipinski definition) is 5. The molecule has 8 nitrogen and oxygen atoms in total. The molecular weight excluding hydrogens is 586 g/mol. The van der Waals surface area contributed by atoms with Gasteiger partial charge in [0.2, 0.25) is 0 Å². The average molecular weight is 605 g/mol. The number of anilines is 2. The van der Waals surface area contributed by atoms with Crippen molar-refractivity contribution in [2.24, 2.45) is 0 Å². The van der Waals surface area contributed by atoms with Gasteiger partial charge in [-0.15, -0.1) is 0 Å². The Morgan fingerprint density at radius 2 is 1.40 bits per heavy atom. The molecule has 3 N–H and O–H groups in total. The lowest BCUT2D eigenvalue weighted by atomic mass is 10.0. The van der Waals surface area contributed by atoms with E-state index >= 15 is 0 Å². The van der Waals surface area contributed by atoms with Gasteiger partial charge >= 0.3 is 31.1 Å². The quantitative estimate of drug-likeness (QED) is 0.223. The molecule has 16 heteroatoms. The Hall–Kier alpha value is -3.79. The molecule has 212 valence electrons. The summed E-state index contributed by atoms with van der Waals surface area (Å²) in [6, 6.07) is 16.0. The highest BCUT2D eigenvalue weighted by Gasteiger charge is 2.47. The zero-order chi connectivity index (χ0) is 29.1. The summed E-state index contributed by atoms with van der Waals surface area (Å²) in [7, 11) is -11.2. The van der Waals surface area contributed by atoms with Gasteiger partial charge in [-0.1, -0.05) is 36.4 Å². The van der Waals surface area contributed by atoms with Crippen molar-refractivity contribution in [2.75, 3.05) is 9.44 Å². The maximum absolute atomic E-state index is 12.9. The molecule has 0 amide bonds. The van der Waals surface area contributed by atoms with Crippen LogP contribution >= 0.6 is 0 Å². The Labute approximate surface area is 223 Å². The molecule has 2 atom stereocenters. The third-order valence-electron chi connectivity index (χ3n) is 6.33. The molecule has 5 rings (SSSR count). The number of fused-ring (bicyclic) bond motifs is 1. The van der Waals surface area contributed by atoms with Gasteiger partial charge in [0.1, 0.15) is 5.82 Å². The molecule has 0 radical (unpaired) electrons. The van der Waals surface area contributed by atoms with Crippen molar-refractivity contribution in [3.05, 3.63) is 78.1 Å². The molecule has 1 saturated carbocycles. The first-order valence-electron chi connectivity index (χ1n) is 11.4. The largest absolute Gasteiger partial charge is 0.516 e. The lowest BCUT2D eigenvalue weighted by molar-refractivity contribution is -0.0435. The van der Waals surface area contributed by atoms with Crippen molar-refractivity contribution >= 4 is 42.5 Å². The van der Waals surface area contributed by atoms with Crippen molar-refractivity contribution in [1.29, 1.82) is 0 Å². The number of nitrogens with one attached hydrogen (secondary N) is 3. The molecule has 1 fully saturated rings. The van der Waals surface area contributed by atoms with Gasteiger partial charge in [-0.2, -0.15) is 43.2 Å². The van der Waals surface area contributed by atoms with Crippen LogP contribution in [0, 0.1) is 0 Å². The van der Waals surface area contributed by atoms with Crippen molar-refractivity contribution in [3.8, 4) is 11.1 Å². The maximum atomic E-state index is 12.9. The van der Waals surface area contributed by atoms with E-state index in [2.05, 4.69) is 9.97 Å². The van der Waals surface area contributed by atoms with Crippen molar-refractivity contribution in [3.63, 3.8) is 0 Å². The molecule has 1 aromatic heterocycles. The fourth-order valence-corrected chi connectivity index (χ4v) is 5.42. The van der Waals surface area contributed by atoms with E-state index in [0.29, 0.717) is 28.8 Å². The van der Waals surface area contributed by atoms with Crippen LogP contribution in [-0.2, 0) is 20.0 Å². The highest BCUT2D eigenvalue weighted by molar-refractivity contribution is 7.93. The van der Waals surface area contributed by atoms with E-state index in [4.69, 9.17) is 0 Å². The van der Waals surface area contributed by atoms with Gasteiger partial charge in [0, 0.05) is 17.2 Å². The topological polar surface area (TPSA) is 121 Å². The van der Waals surface area contributed by atoms with Gasteiger partial charge in [0.25, 0.3) is 0 Å². The minimum atomic E-state index is -5.63. The first-order chi connectivity index (χ1) is 18.6. The number of halogens is 6. The summed E-state index contributed by atoms with van der Waals surface area (Å²) in [5.41, 5.74) is -8.87. The molecule has 1 aliphatic carbocycles. The lowest BCUT2D eigenvalue weighted by Crippen LogP contribution is -2.30. The van der Waals surface area contributed by atoms with Gasteiger partial charge in [-0.25, -0.2) is 4.98 Å². The van der Waals surface area contributed by atoms with E-state index in [0.717, 1.165) is 5.56 Å². The summed E-state index contributed by atoms with van der Waals surface area (Å²) in [6.07, 6.45) is 0.669. The predicted molar refractivity (Wildman–Crippen MR) is 135 cm³/mol. The summed E-state index contributed by atoms with van der Waals surface area (Å²) < 4.78 is 125. The maximum Gasteiger partial charge on any atom is 0.516 e. The minimum absolute atomic E-state index is 0.0224. The van der Waals surface area contributed by atoms with E-state index in [1.807, 2.05) is 0 Å². The van der Waals surface area contributed by atoms with Crippen LogP contribution in [0.15, 0.2) is 66.7 Å². The summed E-state index contributed by atoms with van der Waals surface area (Å²) >= 11 is 0. The van der Waals surface area contributed by atoms with E-state index in [1.165, 1.54) is 47.2 Å². The third kappa shape index (κ3) is 5.32. The molecule has 4 aromatic rings. The van der Waals surface area contributed by atoms with Crippen LogP contribution in [0.1, 0.15) is 29.6 Å².